The third kappa shape index (κ3) is 2.24. The molecule has 16 heavy (non-hydrogen) atoms. The predicted octanol–water partition coefficient (Wildman–Crippen LogP) is 2.45. The van der Waals surface area contributed by atoms with Crippen LogP contribution in [0.2, 0.25) is 0 Å². The molecule has 84 valence electrons. The summed E-state index contributed by atoms with van der Waals surface area (Å²) in [5, 5.41) is 3.36. The number of fused-ring (bicyclic) bond motifs is 1. The molecule has 1 N–H and O–H groups in total. The van der Waals surface area contributed by atoms with Crippen molar-refractivity contribution in [3.05, 3.63) is 35.9 Å². The Bertz CT molecular complexity index is 439. The molecule has 1 aromatic carbocycles. The van der Waals surface area contributed by atoms with Crippen LogP contribution in [0.25, 0.3) is 6.08 Å². The van der Waals surface area contributed by atoms with Crippen molar-refractivity contribution in [3.8, 4) is 0 Å². The molecule has 0 saturated heterocycles. The lowest BCUT2D eigenvalue weighted by atomic mass is 9.96. The molecule has 0 bridgehead atoms. The number of benzene rings is 1. The number of anilines is 1. The molecule has 0 aromatic heterocycles. The van der Waals surface area contributed by atoms with Crippen molar-refractivity contribution < 1.29 is 9.53 Å². The Balaban J connectivity index is 2.15. The standard InChI is InChI=1S/C13H15NO2/c1-10(15)16-9-13(2)8-7-11-5-3-4-6-12(11)14-13/h3-8,14H,9H2,1-2H3. The van der Waals surface area contributed by atoms with Crippen molar-refractivity contribution in [1.82, 2.24) is 0 Å². The number of ether oxygens (including phenoxy) is 1. The van der Waals surface area contributed by atoms with Gasteiger partial charge >= 0.3 is 5.97 Å². The summed E-state index contributed by atoms with van der Waals surface area (Å²) in [6.45, 7) is 3.76. The maximum absolute atomic E-state index is 10.8. The summed E-state index contributed by atoms with van der Waals surface area (Å²) in [5.41, 5.74) is 1.91. The highest BCUT2D eigenvalue weighted by molar-refractivity contribution is 5.72. The van der Waals surface area contributed by atoms with E-state index >= 15 is 0 Å². The minimum Gasteiger partial charge on any atom is -0.463 e. The van der Waals surface area contributed by atoms with Crippen molar-refractivity contribution in [1.29, 1.82) is 0 Å². The molecule has 3 heteroatoms. The number of carbonyl (C=O) groups is 1. The SMILES string of the molecule is CC(=O)OCC1(C)C=Cc2ccccc2N1. The lowest BCUT2D eigenvalue weighted by Gasteiger charge is -2.32. The average Bonchev–Trinajstić information content (AvgIpc) is 2.26. The van der Waals surface area contributed by atoms with Crippen LogP contribution in [-0.2, 0) is 9.53 Å². The molecule has 1 aliphatic rings. The third-order valence-corrected chi connectivity index (χ3v) is 2.59. The normalized spacial score (nSPS) is 22.1. The summed E-state index contributed by atoms with van der Waals surface area (Å²) >= 11 is 0. The molecule has 0 aliphatic carbocycles. The molecule has 1 aliphatic heterocycles. The van der Waals surface area contributed by atoms with Crippen LogP contribution in [0.5, 0.6) is 0 Å². The lowest BCUT2D eigenvalue weighted by molar-refractivity contribution is -0.141. The van der Waals surface area contributed by atoms with Gasteiger partial charge in [0, 0.05) is 12.6 Å². The molecule has 1 heterocycles. The van der Waals surface area contributed by atoms with Crippen molar-refractivity contribution in [2.24, 2.45) is 0 Å². The molecule has 0 saturated carbocycles. The van der Waals surface area contributed by atoms with Gasteiger partial charge in [0.05, 0.1) is 5.54 Å². The van der Waals surface area contributed by atoms with Crippen LogP contribution in [0.15, 0.2) is 30.3 Å². The van der Waals surface area contributed by atoms with E-state index in [1.165, 1.54) is 6.92 Å². The Morgan fingerprint density at radius 3 is 2.94 bits per heavy atom. The van der Waals surface area contributed by atoms with Gasteiger partial charge < -0.3 is 10.1 Å². The van der Waals surface area contributed by atoms with E-state index in [0.717, 1.165) is 11.3 Å². The van der Waals surface area contributed by atoms with E-state index in [9.17, 15) is 4.79 Å². The number of esters is 1. The van der Waals surface area contributed by atoms with Gasteiger partial charge in [0.15, 0.2) is 0 Å². The van der Waals surface area contributed by atoms with E-state index < -0.39 is 0 Å². The van der Waals surface area contributed by atoms with Crippen molar-refractivity contribution in [2.75, 3.05) is 11.9 Å². The van der Waals surface area contributed by atoms with Gasteiger partial charge in [-0.05, 0) is 18.6 Å². The van der Waals surface area contributed by atoms with E-state index in [1.54, 1.807) is 0 Å². The van der Waals surface area contributed by atoms with Crippen LogP contribution >= 0.6 is 0 Å². The molecule has 0 fully saturated rings. The Hall–Kier alpha value is -1.77. The molecule has 0 spiro atoms. The maximum atomic E-state index is 10.8. The van der Waals surface area contributed by atoms with E-state index in [0.29, 0.717) is 6.61 Å². The zero-order valence-corrected chi connectivity index (χ0v) is 9.49. The quantitative estimate of drug-likeness (QED) is 0.773. The highest BCUT2D eigenvalue weighted by atomic mass is 16.5. The molecule has 3 nitrogen and oxygen atoms in total. The summed E-state index contributed by atoms with van der Waals surface area (Å²) in [4.78, 5) is 10.8. The number of para-hydroxylation sites is 1. The molecular weight excluding hydrogens is 202 g/mol. The maximum Gasteiger partial charge on any atom is 0.302 e. The first-order valence-corrected chi connectivity index (χ1v) is 5.29. The monoisotopic (exact) mass is 217 g/mol. The van der Waals surface area contributed by atoms with Crippen LogP contribution in [0.3, 0.4) is 0 Å². The van der Waals surface area contributed by atoms with Crippen LogP contribution in [0.1, 0.15) is 19.4 Å². The summed E-state index contributed by atoms with van der Waals surface area (Å²) in [6, 6.07) is 8.05. The summed E-state index contributed by atoms with van der Waals surface area (Å²) in [6.07, 6.45) is 4.08. The van der Waals surface area contributed by atoms with Gasteiger partial charge in [-0.1, -0.05) is 30.4 Å². The van der Waals surface area contributed by atoms with Gasteiger partial charge in [0.1, 0.15) is 6.61 Å². The van der Waals surface area contributed by atoms with Crippen LogP contribution in [0.4, 0.5) is 5.69 Å². The first-order chi connectivity index (χ1) is 7.59. The Labute approximate surface area is 95.1 Å². The van der Waals surface area contributed by atoms with E-state index in [-0.39, 0.29) is 11.5 Å². The second kappa shape index (κ2) is 4.00. The molecule has 1 aromatic rings. The Morgan fingerprint density at radius 1 is 1.44 bits per heavy atom. The fourth-order valence-corrected chi connectivity index (χ4v) is 1.71. The number of hydrogen-bond donors (Lipinski definition) is 1. The smallest absolute Gasteiger partial charge is 0.302 e. The van der Waals surface area contributed by atoms with E-state index in [1.807, 2.05) is 37.3 Å². The number of nitrogens with one attached hydrogen (secondary N) is 1. The zero-order valence-electron chi connectivity index (χ0n) is 9.49. The van der Waals surface area contributed by atoms with E-state index in [2.05, 4.69) is 11.4 Å². The molecule has 0 radical (unpaired) electrons. The molecule has 1 unspecified atom stereocenters. The minimum absolute atomic E-state index is 0.254. The number of hydrogen-bond acceptors (Lipinski definition) is 3. The topological polar surface area (TPSA) is 38.3 Å². The summed E-state index contributed by atoms with van der Waals surface area (Å²) < 4.78 is 5.05. The molecule has 2 rings (SSSR count). The minimum atomic E-state index is -0.319. The number of rotatable bonds is 2. The highest BCUT2D eigenvalue weighted by Gasteiger charge is 2.25. The fourth-order valence-electron chi connectivity index (χ4n) is 1.71. The second-order valence-corrected chi connectivity index (χ2v) is 4.24. The third-order valence-electron chi connectivity index (χ3n) is 2.59. The lowest BCUT2D eigenvalue weighted by Crippen LogP contribution is -2.39. The van der Waals surface area contributed by atoms with Crippen molar-refractivity contribution in [2.45, 2.75) is 19.4 Å². The van der Waals surface area contributed by atoms with Gasteiger partial charge in [-0.25, -0.2) is 0 Å². The number of carbonyl (C=O) groups excluding carboxylic acids is 1. The average molecular weight is 217 g/mol. The van der Waals surface area contributed by atoms with E-state index in [4.69, 9.17) is 4.74 Å². The van der Waals surface area contributed by atoms with Crippen molar-refractivity contribution in [3.63, 3.8) is 0 Å². The largest absolute Gasteiger partial charge is 0.463 e. The fraction of sp³-hybridized carbons (Fsp3) is 0.308. The molecular formula is C13H15NO2. The van der Waals surface area contributed by atoms with Gasteiger partial charge in [0.2, 0.25) is 0 Å². The zero-order chi connectivity index (χ0) is 11.6. The first-order valence-electron chi connectivity index (χ1n) is 5.29. The van der Waals surface area contributed by atoms with Gasteiger partial charge in [-0.15, -0.1) is 0 Å². The van der Waals surface area contributed by atoms with Crippen molar-refractivity contribution >= 4 is 17.7 Å². The van der Waals surface area contributed by atoms with Crippen LogP contribution in [-0.4, -0.2) is 18.1 Å². The molecule has 0 amide bonds. The van der Waals surface area contributed by atoms with Gasteiger partial charge in [-0.2, -0.15) is 0 Å². The highest BCUT2D eigenvalue weighted by Crippen LogP contribution is 2.27. The van der Waals surface area contributed by atoms with Crippen LogP contribution in [0, 0.1) is 0 Å². The first kappa shape index (κ1) is 10.7. The summed E-state index contributed by atoms with van der Waals surface area (Å²) in [7, 11) is 0. The van der Waals surface area contributed by atoms with Gasteiger partial charge in [0.25, 0.3) is 0 Å². The Kier molecular flexibility index (Phi) is 2.69. The van der Waals surface area contributed by atoms with Gasteiger partial charge in [-0.3, -0.25) is 4.79 Å². The second-order valence-electron chi connectivity index (χ2n) is 4.24. The Morgan fingerprint density at radius 2 is 2.19 bits per heavy atom. The summed E-state index contributed by atoms with van der Waals surface area (Å²) in [5.74, 6) is -0.254. The molecule has 1 atom stereocenters. The predicted molar refractivity (Wildman–Crippen MR) is 64.1 cm³/mol. The van der Waals surface area contributed by atoms with Crippen LogP contribution < -0.4 is 5.32 Å².